The van der Waals surface area contributed by atoms with E-state index in [1.165, 1.54) is 0 Å². The van der Waals surface area contributed by atoms with Gasteiger partial charge in [0.1, 0.15) is 0 Å². The first-order valence-electron chi connectivity index (χ1n) is 5.53. The molecular formula is C12H16N2O3. The Morgan fingerprint density at radius 3 is 2.88 bits per heavy atom. The van der Waals surface area contributed by atoms with Crippen molar-refractivity contribution in [3.05, 3.63) is 18.2 Å². The minimum Gasteiger partial charge on any atom is -0.454 e. The quantitative estimate of drug-likeness (QED) is 0.833. The summed E-state index contributed by atoms with van der Waals surface area (Å²) in [5, 5.41) is 2.76. The van der Waals surface area contributed by atoms with Crippen LogP contribution < -0.4 is 20.5 Å². The lowest BCUT2D eigenvalue weighted by Gasteiger charge is -2.21. The van der Waals surface area contributed by atoms with Gasteiger partial charge in [-0.15, -0.1) is 0 Å². The molecule has 3 N–H and O–H groups in total. The van der Waals surface area contributed by atoms with Crippen LogP contribution in [0.25, 0.3) is 0 Å². The van der Waals surface area contributed by atoms with Crippen molar-refractivity contribution in [1.29, 1.82) is 0 Å². The van der Waals surface area contributed by atoms with Crippen LogP contribution in [-0.2, 0) is 4.79 Å². The molecule has 1 amide bonds. The SMILES string of the molecule is CCC(C)(N)C(=O)Nc1ccc2c(c1)OCO2. The average Bonchev–Trinajstić information content (AvgIpc) is 2.76. The molecule has 0 bridgehead atoms. The van der Waals surface area contributed by atoms with Crippen molar-refractivity contribution in [3.63, 3.8) is 0 Å². The van der Waals surface area contributed by atoms with Crippen molar-refractivity contribution in [2.24, 2.45) is 5.73 Å². The summed E-state index contributed by atoms with van der Waals surface area (Å²) >= 11 is 0. The van der Waals surface area contributed by atoms with E-state index in [4.69, 9.17) is 15.2 Å². The van der Waals surface area contributed by atoms with Gasteiger partial charge < -0.3 is 20.5 Å². The Morgan fingerprint density at radius 1 is 1.47 bits per heavy atom. The monoisotopic (exact) mass is 236 g/mol. The smallest absolute Gasteiger partial charge is 0.244 e. The first-order valence-corrected chi connectivity index (χ1v) is 5.53. The Bertz CT molecular complexity index is 443. The summed E-state index contributed by atoms with van der Waals surface area (Å²) in [6.45, 7) is 3.80. The first kappa shape index (κ1) is 11.7. The average molecular weight is 236 g/mol. The molecule has 92 valence electrons. The number of carbonyl (C=O) groups is 1. The number of carbonyl (C=O) groups excluding carboxylic acids is 1. The van der Waals surface area contributed by atoms with E-state index < -0.39 is 5.54 Å². The highest BCUT2D eigenvalue weighted by molar-refractivity contribution is 5.97. The van der Waals surface area contributed by atoms with Crippen LogP contribution in [0.4, 0.5) is 5.69 Å². The zero-order chi connectivity index (χ0) is 12.5. The van der Waals surface area contributed by atoms with Gasteiger partial charge in [-0.05, 0) is 25.5 Å². The minimum absolute atomic E-state index is 0.209. The van der Waals surface area contributed by atoms with Crippen LogP contribution in [0.5, 0.6) is 11.5 Å². The number of nitrogens with two attached hydrogens (primary N) is 1. The van der Waals surface area contributed by atoms with Crippen LogP contribution in [0.3, 0.4) is 0 Å². The van der Waals surface area contributed by atoms with E-state index >= 15 is 0 Å². The molecule has 1 aliphatic heterocycles. The van der Waals surface area contributed by atoms with Gasteiger partial charge in [0, 0.05) is 11.8 Å². The molecule has 1 unspecified atom stereocenters. The van der Waals surface area contributed by atoms with Crippen molar-refractivity contribution >= 4 is 11.6 Å². The van der Waals surface area contributed by atoms with Gasteiger partial charge in [-0.2, -0.15) is 0 Å². The van der Waals surface area contributed by atoms with Crippen LogP contribution >= 0.6 is 0 Å². The van der Waals surface area contributed by atoms with E-state index in [0.717, 1.165) is 0 Å². The van der Waals surface area contributed by atoms with Crippen molar-refractivity contribution in [1.82, 2.24) is 0 Å². The van der Waals surface area contributed by atoms with Crippen molar-refractivity contribution < 1.29 is 14.3 Å². The Morgan fingerprint density at radius 2 is 2.18 bits per heavy atom. The number of hydrogen-bond acceptors (Lipinski definition) is 4. The molecule has 5 nitrogen and oxygen atoms in total. The molecule has 1 heterocycles. The standard InChI is InChI=1S/C12H16N2O3/c1-3-12(2,13)11(15)14-8-4-5-9-10(6-8)17-7-16-9/h4-6H,3,7,13H2,1-2H3,(H,14,15). The highest BCUT2D eigenvalue weighted by Gasteiger charge is 2.26. The van der Waals surface area contributed by atoms with Crippen LogP contribution in [-0.4, -0.2) is 18.2 Å². The topological polar surface area (TPSA) is 73.6 Å². The van der Waals surface area contributed by atoms with Crippen LogP contribution in [0.15, 0.2) is 18.2 Å². The van der Waals surface area contributed by atoms with E-state index in [-0.39, 0.29) is 12.7 Å². The minimum atomic E-state index is -0.865. The molecule has 5 heteroatoms. The van der Waals surface area contributed by atoms with Gasteiger partial charge in [-0.25, -0.2) is 0 Å². The number of anilines is 1. The zero-order valence-electron chi connectivity index (χ0n) is 9.95. The maximum absolute atomic E-state index is 11.9. The number of amides is 1. The van der Waals surface area contributed by atoms with Gasteiger partial charge in [0.15, 0.2) is 11.5 Å². The fraction of sp³-hybridized carbons (Fsp3) is 0.417. The normalized spacial score (nSPS) is 16.4. The van der Waals surface area contributed by atoms with Crippen LogP contribution in [0.1, 0.15) is 20.3 Å². The Hall–Kier alpha value is -1.75. The molecule has 0 spiro atoms. The lowest BCUT2D eigenvalue weighted by molar-refractivity contribution is -0.120. The lowest BCUT2D eigenvalue weighted by Crippen LogP contribution is -2.47. The summed E-state index contributed by atoms with van der Waals surface area (Å²) in [6.07, 6.45) is 0.573. The summed E-state index contributed by atoms with van der Waals surface area (Å²) in [4.78, 5) is 11.9. The summed E-state index contributed by atoms with van der Waals surface area (Å²) in [5.41, 5.74) is 5.64. The maximum Gasteiger partial charge on any atom is 0.244 e. The Labute approximate surface area is 99.9 Å². The molecule has 0 aliphatic carbocycles. The third-order valence-corrected chi connectivity index (χ3v) is 2.88. The number of nitrogens with one attached hydrogen (secondary N) is 1. The van der Waals surface area contributed by atoms with E-state index in [9.17, 15) is 4.79 Å². The van der Waals surface area contributed by atoms with Crippen molar-refractivity contribution in [3.8, 4) is 11.5 Å². The molecule has 0 saturated carbocycles. The molecule has 1 atom stereocenters. The number of fused-ring (bicyclic) bond motifs is 1. The van der Waals surface area contributed by atoms with Gasteiger partial charge in [0.2, 0.25) is 12.7 Å². The van der Waals surface area contributed by atoms with E-state index in [0.29, 0.717) is 23.6 Å². The van der Waals surface area contributed by atoms with Crippen LogP contribution in [0.2, 0.25) is 0 Å². The lowest BCUT2D eigenvalue weighted by atomic mass is 9.99. The van der Waals surface area contributed by atoms with E-state index in [2.05, 4.69) is 5.32 Å². The third kappa shape index (κ3) is 2.34. The van der Waals surface area contributed by atoms with Gasteiger partial charge in [0.25, 0.3) is 0 Å². The fourth-order valence-corrected chi connectivity index (χ4v) is 1.41. The second kappa shape index (κ2) is 4.25. The summed E-state index contributed by atoms with van der Waals surface area (Å²) < 4.78 is 10.4. The molecule has 2 rings (SSSR count). The second-order valence-electron chi connectivity index (χ2n) is 4.29. The van der Waals surface area contributed by atoms with E-state index in [1.807, 2.05) is 6.92 Å². The predicted molar refractivity (Wildman–Crippen MR) is 64.1 cm³/mol. The highest BCUT2D eigenvalue weighted by atomic mass is 16.7. The molecule has 1 aromatic rings. The van der Waals surface area contributed by atoms with Gasteiger partial charge >= 0.3 is 0 Å². The number of hydrogen-bond donors (Lipinski definition) is 2. The number of benzene rings is 1. The Balaban J connectivity index is 2.12. The first-order chi connectivity index (χ1) is 8.03. The molecule has 1 aliphatic rings. The van der Waals surface area contributed by atoms with Gasteiger partial charge in [-0.1, -0.05) is 6.92 Å². The molecular weight excluding hydrogens is 220 g/mol. The molecule has 0 saturated heterocycles. The van der Waals surface area contributed by atoms with Crippen LogP contribution in [0, 0.1) is 0 Å². The zero-order valence-corrected chi connectivity index (χ0v) is 9.95. The number of ether oxygens (including phenoxy) is 2. The Kier molecular flexibility index (Phi) is 2.93. The van der Waals surface area contributed by atoms with Gasteiger partial charge in [0.05, 0.1) is 5.54 Å². The highest BCUT2D eigenvalue weighted by Crippen LogP contribution is 2.34. The maximum atomic E-state index is 11.9. The van der Waals surface area contributed by atoms with E-state index in [1.54, 1.807) is 25.1 Å². The predicted octanol–water partition coefficient (Wildman–Crippen LogP) is 1.48. The largest absolute Gasteiger partial charge is 0.454 e. The molecule has 1 aromatic carbocycles. The summed E-state index contributed by atoms with van der Waals surface area (Å²) in [7, 11) is 0. The summed E-state index contributed by atoms with van der Waals surface area (Å²) in [5.74, 6) is 1.12. The molecule has 0 fully saturated rings. The fourth-order valence-electron chi connectivity index (χ4n) is 1.41. The van der Waals surface area contributed by atoms with Crippen molar-refractivity contribution in [2.45, 2.75) is 25.8 Å². The van der Waals surface area contributed by atoms with Crippen molar-refractivity contribution in [2.75, 3.05) is 12.1 Å². The number of rotatable bonds is 3. The molecule has 17 heavy (non-hydrogen) atoms. The summed E-state index contributed by atoms with van der Waals surface area (Å²) in [6, 6.07) is 5.25. The second-order valence-corrected chi connectivity index (χ2v) is 4.29. The molecule has 0 aromatic heterocycles. The van der Waals surface area contributed by atoms with Gasteiger partial charge in [-0.3, -0.25) is 4.79 Å². The third-order valence-electron chi connectivity index (χ3n) is 2.88. The molecule has 0 radical (unpaired) electrons.